The first-order chi connectivity index (χ1) is 12.9. The fraction of sp³-hybridized carbons (Fsp3) is 0.381. The van der Waals surface area contributed by atoms with Gasteiger partial charge in [-0.2, -0.15) is 0 Å². The number of rotatable bonds is 5. The van der Waals surface area contributed by atoms with Crippen LogP contribution in [0, 0.1) is 13.8 Å². The van der Waals surface area contributed by atoms with Gasteiger partial charge in [-0.1, -0.05) is 25.5 Å². The maximum atomic E-state index is 13.2. The van der Waals surface area contributed by atoms with Crippen molar-refractivity contribution < 1.29 is 14.3 Å². The third-order valence-corrected chi connectivity index (χ3v) is 4.78. The fourth-order valence-corrected chi connectivity index (χ4v) is 3.06. The smallest absolute Gasteiger partial charge is 0.282 e. The summed E-state index contributed by atoms with van der Waals surface area (Å²) in [7, 11) is 0. The van der Waals surface area contributed by atoms with E-state index in [4.69, 9.17) is 4.74 Å². The molecule has 3 rings (SSSR count). The van der Waals surface area contributed by atoms with Crippen molar-refractivity contribution in [2.24, 2.45) is 0 Å². The van der Waals surface area contributed by atoms with Gasteiger partial charge in [-0.15, -0.1) is 0 Å². The standard InChI is InChI=1S/C21H25N3O3/c1-5-6-12-24-18-17(8-7-11-22-18)27-21(4,20(24)26)19(25)23-16-13-14(2)9-10-15(16)3/h7-11,13H,5-6,12H2,1-4H3,(H,23,25)/t21-/m0/s1. The van der Waals surface area contributed by atoms with Crippen LogP contribution in [0.2, 0.25) is 0 Å². The van der Waals surface area contributed by atoms with E-state index in [2.05, 4.69) is 17.2 Å². The van der Waals surface area contributed by atoms with E-state index < -0.39 is 17.4 Å². The molecule has 1 atom stereocenters. The van der Waals surface area contributed by atoms with Crippen LogP contribution in [0.25, 0.3) is 0 Å². The second-order valence-corrected chi connectivity index (χ2v) is 7.04. The van der Waals surface area contributed by atoms with Crippen LogP contribution in [0.1, 0.15) is 37.8 Å². The number of ether oxygens (including phenoxy) is 1. The summed E-state index contributed by atoms with van der Waals surface area (Å²) in [5, 5.41) is 2.87. The van der Waals surface area contributed by atoms with E-state index in [1.165, 1.54) is 6.92 Å². The van der Waals surface area contributed by atoms with Crippen molar-refractivity contribution in [1.29, 1.82) is 0 Å². The second-order valence-electron chi connectivity index (χ2n) is 7.04. The minimum atomic E-state index is -1.65. The molecule has 1 aromatic carbocycles. The Morgan fingerprint density at radius 2 is 2.07 bits per heavy atom. The third-order valence-electron chi connectivity index (χ3n) is 4.78. The highest BCUT2D eigenvalue weighted by Gasteiger charge is 2.51. The van der Waals surface area contributed by atoms with Crippen molar-refractivity contribution >= 4 is 23.3 Å². The summed E-state index contributed by atoms with van der Waals surface area (Å²) in [6.07, 6.45) is 3.36. The number of nitrogens with one attached hydrogen (secondary N) is 1. The summed E-state index contributed by atoms with van der Waals surface area (Å²) in [4.78, 5) is 32.1. The molecule has 2 heterocycles. The molecule has 2 aromatic rings. The lowest BCUT2D eigenvalue weighted by molar-refractivity contribution is -0.145. The minimum absolute atomic E-state index is 0.398. The summed E-state index contributed by atoms with van der Waals surface area (Å²) in [6, 6.07) is 9.26. The van der Waals surface area contributed by atoms with E-state index in [0.717, 1.165) is 24.0 Å². The van der Waals surface area contributed by atoms with Crippen LogP contribution in [0.4, 0.5) is 11.5 Å². The van der Waals surface area contributed by atoms with E-state index in [9.17, 15) is 9.59 Å². The molecule has 6 nitrogen and oxygen atoms in total. The third kappa shape index (κ3) is 3.52. The molecule has 142 valence electrons. The molecule has 27 heavy (non-hydrogen) atoms. The summed E-state index contributed by atoms with van der Waals surface area (Å²) in [6.45, 7) is 7.93. The summed E-state index contributed by atoms with van der Waals surface area (Å²) in [5.74, 6) is 0.0157. The fourth-order valence-electron chi connectivity index (χ4n) is 3.06. The second kappa shape index (κ2) is 7.39. The minimum Gasteiger partial charge on any atom is -0.464 e. The van der Waals surface area contributed by atoms with Crippen LogP contribution >= 0.6 is 0 Å². The lowest BCUT2D eigenvalue weighted by Gasteiger charge is -2.38. The Labute approximate surface area is 159 Å². The van der Waals surface area contributed by atoms with E-state index in [-0.39, 0.29) is 0 Å². The number of unbranched alkanes of at least 4 members (excludes halogenated alkanes) is 1. The predicted octanol–water partition coefficient (Wildman–Crippen LogP) is 3.62. The summed E-state index contributed by atoms with van der Waals surface area (Å²) in [5.41, 5.74) is 0.969. The van der Waals surface area contributed by atoms with Crippen LogP contribution in [0.15, 0.2) is 36.5 Å². The summed E-state index contributed by atoms with van der Waals surface area (Å²) >= 11 is 0. The Morgan fingerprint density at radius 1 is 1.30 bits per heavy atom. The lowest BCUT2D eigenvalue weighted by Crippen LogP contribution is -2.61. The molecule has 1 aliphatic rings. The van der Waals surface area contributed by atoms with Gasteiger partial charge in [0.15, 0.2) is 11.6 Å². The molecule has 6 heteroatoms. The van der Waals surface area contributed by atoms with Crippen molar-refractivity contribution in [1.82, 2.24) is 4.98 Å². The van der Waals surface area contributed by atoms with Crippen molar-refractivity contribution in [3.8, 4) is 5.75 Å². The highest BCUT2D eigenvalue weighted by Crippen LogP contribution is 2.36. The number of carbonyl (C=O) groups excluding carboxylic acids is 2. The number of aromatic nitrogens is 1. The van der Waals surface area contributed by atoms with Gasteiger partial charge in [0.25, 0.3) is 17.4 Å². The Hall–Kier alpha value is -2.89. The van der Waals surface area contributed by atoms with E-state index in [1.54, 1.807) is 23.2 Å². The number of hydrogen-bond acceptors (Lipinski definition) is 4. The van der Waals surface area contributed by atoms with Crippen molar-refractivity contribution in [3.05, 3.63) is 47.7 Å². The Kier molecular flexibility index (Phi) is 5.17. The van der Waals surface area contributed by atoms with Gasteiger partial charge < -0.3 is 10.1 Å². The van der Waals surface area contributed by atoms with E-state index >= 15 is 0 Å². The van der Waals surface area contributed by atoms with Crippen molar-refractivity contribution in [2.75, 3.05) is 16.8 Å². The van der Waals surface area contributed by atoms with Crippen molar-refractivity contribution in [3.63, 3.8) is 0 Å². The average molecular weight is 367 g/mol. The first-order valence-electron chi connectivity index (χ1n) is 9.21. The quantitative estimate of drug-likeness (QED) is 0.820. The van der Waals surface area contributed by atoms with Crippen LogP contribution in [-0.4, -0.2) is 28.9 Å². The molecule has 1 aliphatic heterocycles. The molecule has 0 saturated heterocycles. The zero-order valence-corrected chi connectivity index (χ0v) is 16.2. The molecular weight excluding hydrogens is 342 g/mol. The molecule has 0 fully saturated rings. The first-order valence-corrected chi connectivity index (χ1v) is 9.21. The number of aryl methyl sites for hydroxylation is 2. The van der Waals surface area contributed by atoms with Crippen LogP contribution in [-0.2, 0) is 9.59 Å². The highest BCUT2D eigenvalue weighted by molar-refractivity contribution is 6.19. The summed E-state index contributed by atoms with van der Waals surface area (Å²) < 4.78 is 5.88. The molecule has 0 unspecified atom stereocenters. The highest BCUT2D eigenvalue weighted by atomic mass is 16.5. The molecule has 1 aromatic heterocycles. The van der Waals surface area contributed by atoms with E-state index in [1.807, 2.05) is 32.0 Å². The molecule has 0 aliphatic carbocycles. The normalized spacial score (nSPS) is 18.7. The van der Waals surface area contributed by atoms with Gasteiger partial charge in [0, 0.05) is 18.4 Å². The average Bonchev–Trinajstić information content (AvgIpc) is 2.65. The van der Waals surface area contributed by atoms with Gasteiger partial charge in [0.05, 0.1) is 0 Å². The molecule has 0 radical (unpaired) electrons. The molecular formula is C21H25N3O3. The van der Waals surface area contributed by atoms with E-state index in [0.29, 0.717) is 23.8 Å². The molecule has 1 N–H and O–H groups in total. The van der Waals surface area contributed by atoms with Gasteiger partial charge in [-0.3, -0.25) is 14.5 Å². The molecule has 0 bridgehead atoms. The lowest BCUT2D eigenvalue weighted by atomic mass is 10.00. The van der Waals surface area contributed by atoms with Crippen LogP contribution in [0.3, 0.4) is 0 Å². The number of nitrogens with zero attached hydrogens (tertiary/aromatic N) is 2. The van der Waals surface area contributed by atoms with Gasteiger partial charge in [0.2, 0.25) is 0 Å². The molecule has 0 spiro atoms. The SMILES string of the molecule is CCCCN1C(=O)[C@](C)(C(=O)Nc2cc(C)ccc2C)Oc2cccnc21. The zero-order valence-electron chi connectivity index (χ0n) is 16.2. The number of benzene rings is 1. The Balaban J connectivity index is 1.95. The number of carbonyl (C=O) groups is 2. The predicted molar refractivity (Wildman–Crippen MR) is 105 cm³/mol. The number of pyridine rings is 1. The van der Waals surface area contributed by atoms with Gasteiger partial charge in [-0.05, 0) is 56.5 Å². The first kappa shape index (κ1) is 18.9. The van der Waals surface area contributed by atoms with Crippen molar-refractivity contribution in [2.45, 2.75) is 46.1 Å². The maximum absolute atomic E-state index is 13.2. The van der Waals surface area contributed by atoms with Gasteiger partial charge in [-0.25, -0.2) is 4.98 Å². The van der Waals surface area contributed by atoms with Gasteiger partial charge >= 0.3 is 0 Å². The number of amides is 2. The topological polar surface area (TPSA) is 71.5 Å². The maximum Gasteiger partial charge on any atom is 0.282 e. The Bertz CT molecular complexity index is 881. The molecule has 0 saturated carbocycles. The zero-order chi connectivity index (χ0) is 19.6. The number of hydrogen-bond donors (Lipinski definition) is 1. The monoisotopic (exact) mass is 367 g/mol. The van der Waals surface area contributed by atoms with Crippen LogP contribution in [0.5, 0.6) is 5.75 Å². The number of fused-ring (bicyclic) bond motifs is 1. The Morgan fingerprint density at radius 3 is 2.81 bits per heavy atom. The van der Waals surface area contributed by atoms with Gasteiger partial charge in [0.1, 0.15) is 0 Å². The van der Waals surface area contributed by atoms with Crippen LogP contribution < -0.4 is 15.0 Å². The largest absolute Gasteiger partial charge is 0.464 e. The molecule has 2 amide bonds. The number of anilines is 2.